The first-order chi connectivity index (χ1) is 11.0. The maximum Gasteiger partial charge on any atom is 0.402 e. The number of nitrogens with zero attached hydrogens (tertiary/aromatic N) is 1. The van der Waals surface area contributed by atoms with E-state index in [0.29, 0.717) is 9.92 Å². The highest BCUT2D eigenvalue weighted by Gasteiger charge is 2.40. The van der Waals surface area contributed by atoms with Crippen LogP contribution in [0.2, 0.25) is 5.02 Å². The molecule has 3 amide bonds. The fourth-order valence-electron chi connectivity index (χ4n) is 1.56. The van der Waals surface area contributed by atoms with E-state index >= 15 is 0 Å². The van der Waals surface area contributed by atoms with Crippen LogP contribution in [0.1, 0.15) is 5.56 Å². The summed E-state index contributed by atoms with van der Waals surface area (Å²) in [7, 11) is 0. The second-order valence-electron chi connectivity index (χ2n) is 4.60. The average Bonchev–Trinajstić information content (AvgIpc) is 2.49. The Morgan fingerprint density at radius 3 is 2.33 bits per heavy atom. The van der Waals surface area contributed by atoms with Crippen LogP contribution in [-0.4, -0.2) is 45.9 Å². The number of hydrogen-bond donors (Lipinski definition) is 3. The normalized spacial score (nSPS) is 12.4. The van der Waals surface area contributed by atoms with Gasteiger partial charge in [-0.25, -0.2) is 4.79 Å². The Morgan fingerprint density at radius 1 is 1.33 bits per heavy atom. The molecule has 0 saturated heterocycles. The minimum Gasteiger partial charge on any atom is -0.368 e. The standard InChI is InChI=1S/C13H13ClF3IN4O2/c14-8-3-1-7(2-4-8)11(20)22(6-9(18)13(15,16)17)12(24)21-5-10(19)23/h1-4,9,20H,5-6H2,(H2,19,23)(H,21,24)/t9-/m0/s1. The molecule has 0 saturated carbocycles. The summed E-state index contributed by atoms with van der Waals surface area (Å²) in [4.78, 5) is 23.4. The molecule has 24 heavy (non-hydrogen) atoms. The highest BCUT2D eigenvalue weighted by molar-refractivity contribution is 14.1. The lowest BCUT2D eigenvalue weighted by Crippen LogP contribution is -2.50. The Labute approximate surface area is 154 Å². The first-order valence-electron chi connectivity index (χ1n) is 6.41. The number of alkyl halides is 4. The number of amides is 3. The zero-order chi connectivity index (χ0) is 18.5. The molecule has 132 valence electrons. The molecule has 1 aromatic rings. The molecule has 6 nitrogen and oxygen atoms in total. The number of carbonyl (C=O) groups excluding carboxylic acids is 2. The molecule has 1 rings (SSSR count). The predicted molar refractivity (Wildman–Crippen MR) is 91.4 cm³/mol. The van der Waals surface area contributed by atoms with Crippen molar-refractivity contribution in [3.05, 3.63) is 34.9 Å². The topological polar surface area (TPSA) is 99.3 Å². The highest BCUT2D eigenvalue weighted by Crippen LogP contribution is 2.28. The molecule has 0 heterocycles. The summed E-state index contributed by atoms with van der Waals surface area (Å²) in [5.74, 6) is -1.32. The second-order valence-corrected chi connectivity index (χ2v) is 6.54. The number of amidine groups is 1. The first-order valence-corrected chi connectivity index (χ1v) is 8.03. The van der Waals surface area contributed by atoms with Crippen molar-refractivity contribution in [3.63, 3.8) is 0 Å². The van der Waals surface area contributed by atoms with Gasteiger partial charge in [0.15, 0.2) is 0 Å². The van der Waals surface area contributed by atoms with E-state index < -0.39 is 41.0 Å². The van der Waals surface area contributed by atoms with Gasteiger partial charge < -0.3 is 11.1 Å². The van der Waals surface area contributed by atoms with E-state index in [2.05, 4.69) is 5.32 Å². The summed E-state index contributed by atoms with van der Waals surface area (Å²) >= 11 is 6.86. The van der Waals surface area contributed by atoms with Gasteiger partial charge in [0.1, 0.15) is 9.76 Å². The van der Waals surface area contributed by atoms with E-state index in [1.165, 1.54) is 24.3 Å². The summed E-state index contributed by atoms with van der Waals surface area (Å²) in [5.41, 5.74) is 5.09. The van der Waals surface area contributed by atoms with Gasteiger partial charge in [0.2, 0.25) is 5.91 Å². The molecule has 11 heteroatoms. The smallest absolute Gasteiger partial charge is 0.368 e. The van der Waals surface area contributed by atoms with Crippen molar-refractivity contribution in [2.24, 2.45) is 5.73 Å². The van der Waals surface area contributed by atoms with Crippen LogP contribution < -0.4 is 11.1 Å². The lowest BCUT2D eigenvalue weighted by Gasteiger charge is -2.26. The Hall–Kier alpha value is -1.56. The third-order valence-corrected chi connectivity index (χ3v) is 4.10. The number of hydrogen-bond acceptors (Lipinski definition) is 3. The third kappa shape index (κ3) is 6.15. The maximum atomic E-state index is 12.8. The Morgan fingerprint density at radius 2 is 1.88 bits per heavy atom. The number of primary amides is 1. The molecule has 0 unspecified atom stereocenters. The zero-order valence-electron chi connectivity index (χ0n) is 12.0. The van der Waals surface area contributed by atoms with E-state index in [1.807, 2.05) is 0 Å². The number of halogens is 5. The van der Waals surface area contributed by atoms with Crippen molar-refractivity contribution in [1.29, 1.82) is 5.41 Å². The van der Waals surface area contributed by atoms with Crippen LogP contribution in [-0.2, 0) is 4.79 Å². The van der Waals surface area contributed by atoms with Gasteiger partial charge in [-0.15, -0.1) is 0 Å². The van der Waals surface area contributed by atoms with Crippen molar-refractivity contribution in [2.75, 3.05) is 13.1 Å². The van der Waals surface area contributed by atoms with Crippen LogP contribution in [0.15, 0.2) is 24.3 Å². The van der Waals surface area contributed by atoms with Gasteiger partial charge in [-0.05, 0) is 24.3 Å². The molecule has 4 N–H and O–H groups in total. The summed E-state index contributed by atoms with van der Waals surface area (Å²) in [5, 5.41) is 10.5. The fourth-order valence-corrected chi connectivity index (χ4v) is 2.08. The molecule has 0 aromatic heterocycles. The van der Waals surface area contributed by atoms with Crippen LogP contribution in [0.25, 0.3) is 0 Å². The maximum absolute atomic E-state index is 12.8. The fraction of sp³-hybridized carbons (Fsp3) is 0.308. The van der Waals surface area contributed by atoms with Crippen LogP contribution in [0.5, 0.6) is 0 Å². The monoisotopic (exact) mass is 476 g/mol. The molecular formula is C13H13ClF3IN4O2. The largest absolute Gasteiger partial charge is 0.402 e. The van der Waals surface area contributed by atoms with Crippen molar-refractivity contribution >= 4 is 52.0 Å². The molecular weight excluding hydrogens is 464 g/mol. The molecule has 0 spiro atoms. The average molecular weight is 477 g/mol. The minimum absolute atomic E-state index is 0.194. The van der Waals surface area contributed by atoms with Crippen LogP contribution in [0, 0.1) is 5.41 Å². The zero-order valence-corrected chi connectivity index (χ0v) is 14.9. The van der Waals surface area contributed by atoms with Gasteiger partial charge in [-0.2, -0.15) is 13.2 Å². The number of nitrogens with two attached hydrogens (primary N) is 1. The molecule has 0 fully saturated rings. The number of carbonyl (C=O) groups is 2. The summed E-state index contributed by atoms with van der Waals surface area (Å²) < 4.78 is 36.4. The molecule has 0 aliphatic heterocycles. The number of urea groups is 1. The molecule has 0 aliphatic rings. The first kappa shape index (κ1) is 20.5. The van der Waals surface area contributed by atoms with Gasteiger partial charge in [-0.1, -0.05) is 34.2 Å². The Kier molecular flexibility index (Phi) is 7.27. The Bertz CT molecular complexity index is 625. The third-order valence-electron chi connectivity index (χ3n) is 2.74. The van der Waals surface area contributed by atoms with E-state index in [0.717, 1.165) is 22.6 Å². The van der Waals surface area contributed by atoms with E-state index in [9.17, 15) is 22.8 Å². The lowest BCUT2D eigenvalue weighted by atomic mass is 10.2. The van der Waals surface area contributed by atoms with Crippen LogP contribution in [0.3, 0.4) is 0 Å². The van der Waals surface area contributed by atoms with E-state index in [-0.39, 0.29) is 5.56 Å². The highest BCUT2D eigenvalue weighted by atomic mass is 127. The second kappa shape index (κ2) is 8.51. The van der Waals surface area contributed by atoms with E-state index in [1.54, 1.807) is 0 Å². The van der Waals surface area contributed by atoms with Gasteiger partial charge >= 0.3 is 12.2 Å². The Balaban J connectivity index is 3.02. The molecule has 0 aliphatic carbocycles. The quantitative estimate of drug-likeness (QED) is 0.263. The van der Waals surface area contributed by atoms with Crippen LogP contribution in [0.4, 0.5) is 18.0 Å². The predicted octanol–water partition coefficient (Wildman–Crippen LogP) is 2.53. The van der Waals surface area contributed by atoms with Crippen molar-refractivity contribution < 1.29 is 22.8 Å². The molecule has 1 aromatic carbocycles. The number of rotatable bonds is 5. The van der Waals surface area contributed by atoms with E-state index in [4.69, 9.17) is 22.7 Å². The molecule has 0 bridgehead atoms. The summed E-state index contributed by atoms with van der Waals surface area (Å²) in [6.07, 6.45) is -4.55. The SMILES string of the molecule is N=C(c1ccc(Cl)cc1)N(C[C@H](I)C(F)(F)F)C(=O)NCC(N)=O. The van der Waals surface area contributed by atoms with Gasteiger partial charge in [-0.3, -0.25) is 15.1 Å². The lowest BCUT2D eigenvalue weighted by molar-refractivity contribution is -0.125. The van der Waals surface area contributed by atoms with Gasteiger partial charge in [0.25, 0.3) is 0 Å². The van der Waals surface area contributed by atoms with Gasteiger partial charge in [0.05, 0.1) is 6.54 Å². The van der Waals surface area contributed by atoms with Crippen molar-refractivity contribution in [2.45, 2.75) is 10.1 Å². The van der Waals surface area contributed by atoms with Gasteiger partial charge in [0, 0.05) is 17.1 Å². The van der Waals surface area contributed by atoms with Crippen molar-refractivity contribution in [1.82, 2.24) is 10.2 Å². The summed E-state index contributed by atoms with van der Waals surface area (Å²) in [6, 6.07) is 4.65. The molecule has 1 atom stereocenters. The molecule has 0 radical (unpaired) electrons. The van der Waals surface area contributed by atoms with Crippen molar-refractivity contribution in [3.8, 4) is 0 Å². The number of nitrogens with one attached hydrogen (secondary N) is 2. The minimum atomic E-state index is -4.55. The van der Waals surface area contributed by atoms with Crippen LogP contribution >= 0.6 is 34.2 Å². The summed E-state index contributed by atoms with van der Waals surface area (Å²) in [6.45, 7) is -1.35. The number of benzene rings is 1.